The predicted molar refractivity (Wildman–Crippen MR) is 76.7 cm³/mol. The van der Waals surface area contributed by atoms with E-state index in [1.165, 1.54) is 0 Å². The highest BCUT2D eigenvalue weighted by Crippen LogP contribution is 2.30. The minimum Gasteiger partial charge on any atom is -0.493 e. The lowest BCUT2D eigenvalue weighted by molar-refractivity contribution is 0.284. The number of rotatable bonds is 5. The molecule has 0 fully saturated rings. The smallest absolute Gasteiger partial charge is 0.162 e. The Morgan fingerprint density at radius 3 is 2.84 bits per heavy atom. The summed E-state index contributed by atoms with van der Waals surface area (Å²) in [7, 11) is 1.58. The fraction of sp³-hybridized carbons (Fsp3) is 0.133. The fourth-order valence-electron chi connectivity index (χ4n) is 1.62. The molecule has 0 radical (unpaired) electrons. The Balaban J connectivity index is 2.11. The molecule has 4 heteroatoms. The zero-order valence-electron chi connectivity index (χ0n) is 10.6. The molecular formula is C15H14ClNO2. The molecule has 1 heterocycles. The second-order valence-electron chi connectivity index (χ2n) is 3.88. The third-order valence-corrected chi connectivity index (χ3v) is 2.81. The monoisotopic (exact) mass is 275 g/mol. The van der Waals surface area contributed by atoms with Gasteiger partial charge in [0.1, 0.15) is 6.61 Å². The summed E-state index contributed by atoms with van der Waals surface area (Å²) in [4.78, 5) is 4.14. The van der Waals surface area contributed by atoms with Crippen LogP contribution in [0.25, 0.3) is 6.08 Å². The summed E-state index contributed by atoms with van der Waals surface area (Å²) in [6.07, 6.45) is 3.43. The van der Waals surface area contributed by atoms with E-state index in [2.05, 4.69) is 11.6 Å². The molecule has 0 atom stereocenters. The van der Waals surface area contributed by atoms with Crippen LogP contribution in [-0.4, -0.2) is 12.1 Å². The SMILES string of the molecule is C=Cc1cc(COc2ccc(Cl)cc2OC)ccn1. The van der Waals surface area contributed by atoms with E-state index in [-0.39, 0.29) is 0 Å². The van der Waals surface area contributed by atoms with Crippen LogP contribution in [0.1, 0.15) is 11.3 Å². The summed E-state index contributed by atoms with van der Waals surface area (Å²) < 4.78 is 10.9. The summed E-state index contributed by atoms with van der Waals surface area (Å²) in [6.45, 7) is 4.12. The third kappa shape index (κ3) is 3.48. The molecule has 0 N–H and O–H groups in total. The molecule has 0 saturated heterocycles. The average molecular weight is 276 g/mol. The van der Waals surface area contributed by atoms with Gasteiger partial charge in [-0.3, -0.25) is 4.98 Å². The second-order valence-corrected chi connectivity index (χ2v) is 4.31. The van der Waals surface area contributed by atoms with Crippen LogP contribution in [0.15, 0.2) is 43.1 Å². The second kappa shape index (κ2) is 6.25. The number of halogens is 1. The molecule has 0 saturated carbocycles. The highest BCUT2D eigenvalue weighted by molar-refractivity contribution is 6.30. The highest BCUT2D eigenvalue weighted by Gasteiger charge is 2.05. The van der Waals surface area contributed by atoms with Crippen LogP contribution >= 0.6 is 11.6 Å². The molecular weight excluding hydrogens is 262 g/mol. The van der Waals surface area contributed by atoms with Gasteiger partial charge in [-0.05, 0) is 35.9 Å². The van der Waals surface area contributed by atoms with Crippen molar-refractivity contribution in [3.05, 3.63) is 59.4 Å². The number of pyridine rings is 1. The maximum atomic E-state index is 5.90. The van der Waals surface area contributed by atoms with Gasteiger partial charge in [0, 0.05) is 17.3 Å². The van der Waals surface area contributed by atoms with Crippen LogP contribution in [0.2, 0.25) is 5.02 Å². The minimum atomic E-state index is 0.432. The standard InChI is InChI=1S/C15H14ClNO2/c1-3-13-8-11(6-7-17-13)10-19-14-5-4-12(16)9-15(14)18-2/h3-9H,1,10H2,2H3. The van der Waals surface area contributed by atoms with Crippen molar-refractivity contribution in [2.75, 3.05) is 7.11 Å². The summed E-state index contributed by atoms with van der Waals surface area (Å²) >= 11 is 5.90. The molecule has 0 aliphatic heterocycles. The minimum absolute atomic E-state index is 0.432. The van der Waals surface area contributed by atoms with E-state index in [9.17, 15) is 0 Å². The molecule has 1 aromatic carbocycles. The fourth-order valence-corrected chi connectivity index (χ4v) is 1.78. The zero-order valence-corrected chi connectivity index (χ0v) is 11.4. The van der Waals surface area contributed by atoms with Gasteiger partial charge in [0.15, 0.2) is 11.5 Å². The van der Waals surface area contributed by atoms with Gasteiger partial charge >= 0.3 is 0 Å². The van der Waals surface area contributed by atoms with E-state index in [0.717, 1.165) is 11.3 Å². The first-order valence-corrected chi connectivity index (χ1v) is 6.14. The van der Waals surface area contributed by atoms with Crippen LogP contribution < -0.4 is 9.47 Å². The Labute approximate surface area is 117 Å². The summed E-state index contributed by atoms with van der Waals surface area (Å²) in [6, 6.07) is 9.10. The normalized spacial score (nSPS) is 10.0. The first kappa shape index (κ1) is 13.4. The number of hydrogen-bond donors (Lipinski definition) is 0. The van der Waals surface area contributed by atoms with Gasteiger partial charge in [0.2, 0.25) is 0 Å². The Morgan fingerprint density at radius 1 is 1.26 bits per heavy atom. The van der Waals surface area contributed by atoms with Crippen molar-refractivity contribution in [3.63, 3.8) is 0 Å². The molecule has 98 valence electrons. The van der Waals surface area contributed by atoms with Crippen LogP contribution in [0.4, 0.5) is 0 Å². The molecule has 0 spiro atoms. The van der Waals surface area contributed by atoms with Gasteiger partial charge in [-0.15, -0.1) is 0 Å². The van der Waals surface area contributed by atoms with Crippen molar-refractivity contribution in [2.45, 2.75) is 6.61 Å². The van der Waals surface area contributed by atoms with Crippen molar-refractivity contribution >= 4 is 17.7 Å². The van der Waals surface area contributed by atoms with Gasteiger partial charge < -0.3 is 9.47 Å². The summed E-state index contributed by atoms with van der Waals surface area (Å²) in [5, 5.41) is 0.613. The predicted octanol–water partition coefficient (Wildman–Crippen LogP) is 3.97. The maximum Gasteiger partial charge on any atom is 0.162 e. The first-order chi connectivity index (χ1) is 9.22. The number of nitrogens with zero attached hydrogens (tertiary/aromatic N) is 1. The van der Waals surface area contributed by atoms with Crippen molar-refractivity contribution in [3.8, 4) is 11.5 Å². The lowest BCUT2D eigenvalue weighted by Gasteiger charge is -2.11. The topological polar surface area (TPSA) is 31.4 Å². The van der Waals surface area contributed by atoms with E-state index in [4.69, 9.17) is 21.1 Å². The Bertz CT molecular complexity index is 584. The van der Waals surface area contributed by atoms with E-state index < -0.39 is 0 Å². The van der Waals surface area contributed by atoms with E-state index in [1.807, 2.05) is 12.1 Å². The number of hydrogen-bond acceptors (Lipinski definition) is 3. The van der Waals surface area contributed by atoms with E-state index in [0.29, 0.717) is 23.1 Å². The van der Waals surface area contributed by atoms with E-state index in [1.54, 1.807) is 37.6 Å². The van der Waals surface area contributed by atoms with Crippen LogP contribution in [0.3, 0.4) is 0 Å². The lowest BCUT2D eigenvalue weighted by Crippen LogP contribution is -1.98. The van der Waals surface area contributed by atoms with E-state index >= 15 is 0 Å². The molecule has 19 heavy (non-hydrogen) atoms. The van der Waals surface area contributed by atoms with Gasteiger partial charge in [-0.1, -0.05) is 18.2 Å². The summed E-state index contributed by atoms with van der Waals surface area (Å²) in [5.41, 5.74) is 1.84. The molecule has 1 aromatic heterocycles. The highest BCUT2D eigenvalue weighted by atomic mass is 35.5. The largest absolute Gasteiger partial charge is 0.493 e. The first-order valence-electron chi connectivity index (χ1n) is 5.76. The van der Waals surface area contributed by atoms with Gasteiger partial charge in [0.05, 0.1) is 12.8 Å². The Morgan fingerprint density at radius 2 is 2.11 bits per heavy atom. The van der Waals surface area contributed by atoms with Crippen molar-refractivity contribution in [2.24, 2.45) is 0 Å². The quantitative estimate of drug-likeness (QED) is 0.827. The van der Waals surface area contributed by atoms with Crippen LogP contribution in [0, 0.1) is 0 Å². The zero-order chi connectivity index (χ0) is 13.7. The Hall–Kier alpha value is -2.00. The van der Waals surface area contributed by atoms with Gasteiger partial charge in [-0.25, -0.2) is 0 Å². The molecule has 0 bridgehead atoms. The number of benzene rings is 1. The molecule has 2 rings (SSSR count). The van der Waals surface area contributed by atoms with Crippen molar-refractivity contribution < 1.29 is 9.47 Å². The number of aromatic nitrogens is 1. The van der Waals surface area contributed by atoms with Gasteiger partial charge in [0.25, 0.3) is 0 Å². The molecule has 0 amide bonds. The molecule has 0 aliphatic carbocycles. The molecule has 2 aromatic rings. The average Bonchev–Trinajstić information content (AvgIpc) is 2.46. The lowest BCUT2D eigenvalue weighted by atomic mass is 10.2. The van der Waals surface area contributed by atoms with Crippen molar-refractivity contribution in [1.29, 1.82) is 0 Å². The van der Waals surface area contributed by atoms with Crippen LogP contribution in [0.5, 0.6) is 11.5 Å². The summed E-state index contributed by atoms with van der Waals surface area (Å²) in [5.74, 6) is 1.27. The maximum absolute atomic E-state index is 5.90. The number of methoxy groups -OCH3 is 1. The van der Waals surface area contributed by atoms with Crippen molar-refractivity contribution in [1.82, 2.24) is 4.98 Å². The molecule has 0 unspecified atom stereocenters. The Kier molecular flexibility index (Phi) is 4.42. The molecule has 0 aliphatic rings. The third-order valence-electron chi connectivity index (χ3n) is 2.57. The van der Waals surface area contributed by atoms with Gasteiger partial charge in [-0.2, -0.15) is 0 Å². The number of ether oxygens (including phenoxy) is 2. The molecule has 3 nitrogen and oxygen atoms in total. The van der Waals surface area contributed by atoms with Crippen LogP contribution in [-0.2, 0) is 6.61 Å².